The zero-order valence-corrected chi connectivity index (χ0v) is 10.3. The molecule has 1 heterocycles. The maximum Gasteiger partial charge on any atom is 0.303 e. The summed E-state index contributed by atoms with van der Waals surface area (Å²) in [6.07, 6.45) is 2.12. The Bertz CT molecular complexity index is 386. The molecule has 1 N–H and O–H groups in total. The lowest BCUT2D eigenvalue weighted by atomic mass is 9.90. The van der Waals surface area contributed by atoms with Gasteiger partial charge in [-0.15, -0.1) is 0 Å². The van der Waals surface area contributed by atoms with Crippen LogP contribution in [0.4, 0.5) is 0 Å². The quantitative estimate of drug-likeness (QED) is 0.568. The van der Waals surface area contributed by atoms with Crippen LogP contribution in [0.5, 0.6) is 0 Å². The molecular formula is C12H17NO5. The van der Waals surface area contributed by atoms with Crippen LogP contribution in [0.3, 0.4) is 0 Å². The molecule has 0 unspecified atom stereocenters. The first kappa shape index (κ1) is 13.0. The van der Waals surface area contributed by atoms with Gasteiger partial charge in [0.25, 0.3) is 5.91 Å². The summed E-state index contributed by atoms with van der Waals surface area (Å²) in [7, 11) is 0. The Kier molecular flexibility index (Phi) is 3.38. The molecule has 2 aliphatic rings. The molecule has 2 amide bonds. The maximum absolute atomic E-state index is 12.0. The third-order valence-corrected chi connectivity index (χ3v) is 3.48. The number of rotatable bonds is 2. The van der Waals surface area contributed by atoms with E-state index in [0.717, 1.165) is 24.2 Å². The van der Waals surface area contributed by atoms with Crippen LogP contribution < -0.4 is 0 Å². The number of carbonyl (C=O) groups excluding carboxylic acids is 3. The molecule has 1 saturated carbocycles. The second-order valence-corrected chi connectivity index (χ2v) is 4.91. The largest absolute Gasteiger partial charge is 0.452 e. The normalized spacial score (nSPS) is 27.4. The highest BCUT2D eigenvalue weighted by Gasteiger charge is 2.51. The highest BCUT2D eigenvalue weighted by molar-refractivity contribution is 6.06. The highest BCUT2D eigenvalue weighted by atomic mass is 16.5. The second kappa shape index (κ2) is 4.68. The number of nitrogens with zero attached hydrogens (tertiary/aromatic N) is 1. The van der Waals surface area contributed by atoms with E-state index in [1.54, 1.807) is 0 Å². The van der Waals surface area contributed by atoms with E-state index in [2.05, 4.69) is 0 Å². The van der Waals surface area contributed by atoms with Crippen molar-refractivity contribution in [3.63, 3.8) is 0 Å². The molecule has 1 saturated heterocycles. The number of carbonyl (C=O) groups is 3. The fraction of sp³-hybridized carbons (Fsp3) is 0.750. The van der Waals surface area contributed by atoms with Crippen LogP contribution in [0.1, 0.15) is 45.4 Å². The minimum atomic E-state index is -1.39. The fourth-order valence-corrected chi connectivity index (χ4v) is 2.68. The number of imide groups is 1. The predicted octanol–water partition coefficient (Wildman–Crippen LogP) is 0.330. The predicted molar refractivity (Wildman–Crippen MR) is 60.1 cm³/mol. The minimum Gasteiger partial charge on any atom is -0.452 e. The zero-order chi connectivity index (χ0) is 13.3. The maximum atomic E-state index is 12.0. The molecule has 6 heteroatoms. The van der Waals surface area contributed by atoms with E-state index in [4.69, 9.17) is 4.74 Å². The summed E-state index contributed by atoms with van der Waals surface area (Å²) in [4.78, 5) is 35.6. The van der Waals surface area contributed by atoms with Crippen molar-refractivity contribution in [3.8, 4) is 0 Å². The summed E-state index contributed by atoms with van der Waals surface area (Å²) in [5.41, 5.74) is -1.39. The molecule has 0 spiro atoms. The number of esters is 1. The Balaban J connectivity index is 2.15. The molecule has 1 aliphatic carbocycles. The Morgan fingerprint density at radius 1 is 1.33 bits per heavy atom. The lowest BCUT2D eigenvalue weighted by Crippen LogP contribution is -2.53. The van der Waals surface area contributed by atoms with E-state index < -0.39 is 29.6 Å². The second-order valence-electron chi connectivity index (χ2n) is 4.91. The van der Waals surface area contributed by atoms with Crippen molar-refractivity contribution in [3.05, 3.63) is 0 Å². The number of ether oxygens (including phenoxy) is 1. The van der Waals surface area contributed by atoms with Gasteiger partial charge in [0.05, 0.1) is 6.42 Å². The van der Waals surface area contributed by atoms with Crippen LogP contribution in [-0.4, -0.2) is 39.6 Å². The summed E-state index contributed by atoms with van der Waals surface area (Å²) >= 11 is 0. The third kappa shape index (κ3) is 2.25. The number of hydrogen-bond acceptors (Lipinski definition) is 5. The van der Waals surface area contributed by atoms with Crippen molar-refractivity contribution in [2.45, 2.75) is 57.3 Å². The summed E-state index contributed by atoms with van der Waals surface area (Å²) in [5.74, 6) is -1.66. The Morgan fingerprint density at radius 2 is 1.94 bits per heavy atom. The summed E-state index contributed by atoms with van der Waals surface area (Å²) in [5, 5.41) is 10.4. The molecule has 18 heavy (non-hydrogen) atoms. The van der Waals surface area contributed by atoms with Crippen LogP contribution in [0.25, 0.3) is 0 Å². The molecule has 1 atom stereocenters. The number of likely N-dealkylation sites (tertiary alicyclic amines) is 1. The van der Waals surface area contributed by atoms with Gasteiger partial charge < -0.3 is 9.84 Å². The van der Waals surface area contributed by atoms with E-state index >= 15 is 0 Å². The van der Waals surface area contributed by atoms with Gasteiger partial charge in [-0.2, -0.15) is 0 Å². The third-order valence-electron chi connectivity index (χ3n) is 3.48. The number of aliphatic hydroxyl groups is 1. The van der Waals surface area contributed by atoms with E-state index in [0.29, 0.717) is 12.8 Å². The molecule has 0 radical (unpaired) electrons. The van der Waals surface area contributed by atoms with Gasteiger partial charge in [-0.3, -0.25) is 14.4 Å². The first-order chi connectivity index (χ1) is 8.44. The van der Waals surface area contributed by atoms with Crippen molar-refractivity contribution in [1.82, 2.24) is 4.90 Å². The smallest absolute Gasteiger partial charge is 0.303 e. The molecule has 0 aromatic carbocycles. The Labute approximate surface area is 105 Å². The van der Waals surface area contributed by atoms with Crippen molar-refractivity contribution in [1.29, 1.82) is 0 Å². The van der Waals surface area contributed by atoms with Crippen LogP contribution in [0.15, 0.2) is 0 Å². The zero-order valence-electron chi connectivity index (χ0n) is 10.3. The van der Waals surface area contributed by atoms with E-state index in [-0.39, 0.29) is 6.42 Å². The Hall–Kier alpha value is -1.43. The van der Waals surface area contributed by atoms with Gasteiger partial charge in [0.2, 0.25) is 5.91 Å². The number of amides is 2. The van der Waals surface area contributed by atoms with Gasteiger partial charge in [0, 0.05) is 6.92 Å². The molecule has 0 bridgehead atoms. The standard InChI is InChI=1S/C12H17NO5/c1-8(14)18-9-7-10(15)13(11(9)16)12(17)5-3-2-4-6-12/h9,17H,2-7H2,1H3/t9-/m1/s1. The SMILES string of the molecule is CC(=O)O[C@@H]1CC(=O)N(C2(O)CCCCC2)C1=O. The molecule has 100 valence electrons. The molecule has 2 rings (SSSR count). The van der Waals surface area contributed by atoms with Crippen LogP contribution >= 0.6 is 0 Å². The topological polar surface area (TPSA) is 83.9 Å². The molecule has 0 aromatic heterocycles. The first-order valence-electron chi connectivity index (χ1n) is 6.20. The van der Waals surface area contributed by atoms with Crippen molar-refractivity contribution >= 4 is 17.8 Å². The minimum absolute atomic E-state index is 0.166. The lowest BCUT2D eigenvalue weighted by molar-refractivity contribution is -0.176. The highest BCUT2D eigenvalue weighted by Crippen LogP contribution is 2.35. The van der Waals surface area contributed by atoms with Crippen LogP contribution in [0, 0.1) is 0 Å². The van der Waals surface area contributed by atoms with Gasteiger partial charge in [0.15, 0.2) is 6.10 Å². The van der Waals surface area contributed by atoms with Gasteiger partial charge in [-0.25, -0.2) is 4.90 Å². The van der Waals surface area contributed by atoms with Gasteiger partial charge in [-0.05, 0) is 25.7 Å². The van der Waals surface area contributed by atoms with Crippen LogP contribution in [0.2, 0.25) is 0 Å². The van der Waals surface area contributed by atoms with Crippen molar-refractivity contribution in [2.75, 3.05) is 0 Å². The monoisotopic (exact) mass is 255 g/mol. The first-order valence-corrected chi connectivity index (χ1v) is 6.20. The van der Waals surface area contributed by atoms with E-state index in [9.17, 15) is 19.5 Å². The molecule has 1 aliphatic heterocycles. The summed E-state index contributed by atoms with van der Waals surface area (Å²) in [6, 6.07) is 0. The lowest BCUT2D eigenvalue weighted by Gasteiger charge is -2.38. The summed E-state index contributed by atoms with van der Waals surface area (Å²) < 4.78 is 4.80. The molecule has 2 fully saturated rings. The molecule has 0 aromatic rings. The molecular weight excluding hydrogens is 238 g/mol. The summed E-state index contributed by atoms with van der Waals surface area (Å²) in [6.45, 7) is 1.19. The van der Waals surface area contributed by atoms with Gasteiger partial charge in [-0.1, -0.05) is 6.42 Å². The van der Waals surface area contributed by atoms with Gasteiger partial charge >= 0.3 is 5.97 Å². The molecule has 6 nitrogen and oxygen atoms in total. The van der Waals surface area contributed by atoms with E-state index in [1.165, 1.54) is 6.92 Å². The van der Waals surface area contributed by atoms with Crippen molar-refractivity contribution in [2.24, 2.45) is 0 Å². The average molecular weight is 255 g/mol. The van der Waals surface area contributed by atoms with E-state index in [1.807, 2.05) is 0 Å². The van der Waals surface area contributed by atoms with Crippen LogP contribution in [-0.2, 0) is 19.1 Å². The van der Waals surface area contributed by atoms with Gasteiger partial charge in [0.1, 0.15) is 5.72 Å². The number of hydrogen-bond donors (Lipinski definition) is 1. The average Bonchev–Trinajstić information content (AvgIpc) is 2.54. The fourth-order valence-electron chi connectivity index (χ4n) is 2.68. The Morgan fingerprint density at radius 3 is 2.50 bits per heavy atom. The van der Waals surface area contributed by atoms with Crippen molar-refractivity contribution < 1.29 is 24.2 Å².